The molecule has 0 fully saturated rings. The van der Waals surface area contributed by atoms with Crippen molar-refractivity contribution >= 4 is 22.3 Å². The third-order valence-electron chi connectivity index (χ3n) is 5.61. The van der Waals surface area contributed by atoms with Gasteiger partial charge in [0.15, 0.2) is 0 Å². The van der Waals surface area contributed by atoms with Gasteiger partial charge in [-0.1, -0.05) is 36.4 Å². The summed E-state index contributed by atoms with van der Waals surface area (Å²) in [4.78, 5) is 1.31. The molecule has 2 atom stereocenters. The maximum Gasteiger partial charge on any atom is 0.134 e. The quantitative estimate of drug-likeness (QED) is 0.421. The molecule has 0 saturated carbocycles. The van der Waals surface area contributed by atoms with Gasteiger partial charge in [0, 0.05) is 21.9 Å². The highest BCUT2D eigenvalue weighted by molar-refractivity contribution is 7.13. The van der Waals surface area contributed by atoms with E-state index in [1.807, 2.05) is 0 Å². The molecule has 2 unspecified atom stereocenters. The largest absolute Gasteiger partial charge is 0.459 e. The van der Waals surface area contributed by atoms with Crippen LogP contribution < -0.4 is 5.32 Å². The van der Waals surface area contributed by atoms with Gasteiger partial charge in [-0.15, -0.1) is 11.3 Å². The Morgan fingerprint density at radius 3 is 2.78 bits per heavy atom. The molecule has 0 aliphatic heterocycles. The monoisotopic (exact) mass is 373 g/mol. The van der Waals surface area contributed by atoms with E-state index in [1.165, 1.54) is 33.4 Å². The molecule has 136 valence electrons. The Hall–Kier alpha value is -2.36. The Morgan fingerprint density at radius 1 is 1.07 bits per heavy atom. The van der Waals surface area contributed by atoms with Gasteiger partial charge in [0.1, 0.15) is 11.3 Å². The maximum absolute atomic E-state index is 6.35. The minimum Gasteiger partial charge on any atom is -0.459 e. The van der Waals surface area contributed by atoms with Crippen LogP contribution in [0, 0.1) is 0 Å². The minimum absolute atomic E-state index is 0.279. The molecule has 3 heteroatoms. The van der Waals surface area contributed by atoms with Gasteiger partial charge < -0.3 is 9.73 Å². The molecule has 0 amide bonds. The lowest BCUT2D eigenvalue weighted by Gasteiger charge is -2.26. The SMILES string of the molecule is CC(NC1CCCc2c1oc1ccc(-c3cccs3)cc21)c1ccccc1. The molecular weight excluding hydrogens is 350 g/mol. The highest BCUT2D eigenvalue weighted by Crippen LogP contribution is 2.40. The Kier molecular flexibility index (Phi) is 4.35. The number of furan rings is 1. The third-order valence-corrected chi connectivity index (χ3v) is 6.53. The molecule has 2 aromatic carbocycles. The van der Waals surface area contributed by atoms with Crippen molar-refractivity contribution in [1.82, 2.24) is 5.32 Å². The number of rotatable bonds is 4. The van der Waals surface area contributed by atoms with Crippen LogP contribution in [0.5, 0.6) is 0 Å². The number of nitrogens with one attached hydrogen (secondary N) is 1. The Labute approximate surface area is 163 Å². The maximum atomic E-state index is 6.35. The zero-order chi connectivity index (χ0) is 18.2. The zero-order valence-corrected chi connectivity index (χ0v) is 16.3. The van der Waals surface area contributed by atoms with Gasteiger partial charge in [0.25, 0.3) is 0 Å². The van der Waals surface area contributed by atoms with Gasteiger partial charge in [-0.3, -0.25) is 0 Å². The van der Waals surface area contributed by atoms with Crippen molar-refractivity contribution in [3.8, 4) is 10.4 Å². The van der Waals surface area contributed by atoms with E-state index in [2.05, 4.69) is 78.3 Å². The summed E-state index contributed by atoms with van der Waals surface area (Å²) in [6, 6.07) is 22.2. The first-order valence-corrected chi connectivity index (χ1v) is 10.6. The van der Waals surface area contributed by atoms with Gasteiger partial charge in [0.05, 0.1) is 6.04 Å². The molecule has 0 bridgehead atoms. The van der Waals surface area contributed by atoms with E-state index in [4.69, 9.17) is 4.42 Å². The van der Waals surface area contributed by atoms with Crippen LogP contribution in [0.4, 0.5) is 0 Å². The van der Waals surface area contributed by atoms with Crippen LogP contribution in [0.1, 0.15) is 48.7 Å². The molecule has 2 aromatic heterocycles. The first-order valence-electron chi connectivity index (χ1n) is 9.70. The van der Waals surface area contributed by atoms with E-state index in [0.29, 0.717) is 6.04 Å². The second-order valence-electron chi connectivity index (χ2n) is 7.38. The summed E-state index contributed by atoms with van der Waals surface area (Å²) in [5.74, 6) is 1.14. The minimum atomic E-state index is 0.279. The van der Waals surface area contributed by atoms with Gasteiger partial charge in [-0.05, 0) is 67.0 Å². The van der Waals surface area contributed by atoms with Gasteiger partial charge in [-0.25, -0.2) is 0 Å². The standard InChI is InChI=1S/C24H23NOS/c1-16(17-7-3-2-4-8-17)25-21-10-5-9-19-20-15-18(23-11-6-14-27-23)12-13-22(20)26-24(19)21/h2-4,6-8,11-16,21,25H,5,9-10H2,1H3. The first-order chi connectivity index (χ1) is 13.3. The van der Waals surface area contributed by atoms with Crippen molar-refractivity contribution in [2.45, 2.75) is 38.3 Å². The van der Waals surface area contributed by atoms with E-state index in [0.717, 1.165) is 24.2 Å². The molecule has 0 spiro atoms. The summed E-state index contributed by atoms with van der Waals surface area (Å²) < 4.78 is 6.35. The van der Waals surface area contributed by atoms with Crippen LogP contribution in [0.2, 0.25) is 0 Å². The fourth-order valence-corrected chi connectivity index (χ4v) is 4.94. The molecule has 1 aliphatic rings. The van der Waals surface area contributed by atoms with Gasteiger partial charge >= 0.3 is 0 Å². The van der Waals surface area contributed by atoms with Gasteiger partial charge in [0.2, 0.25) is 0 Å². The molecule has 0 saturated heterocycles. The molecule has 4 aromatic rings. The topological polar surface area (TPSA) is 25.2 Å². The van der Waals surface area contributed by atoms with Crippen LogP contribution in [-0.2, 0) is 6.42 Å². The zero-order valence-electron chi connectivity index (χ0n) is 15.4. The predicted molar refractivity (Wildman–Crippen MR) is 113 cm³/mol. The third kappa shape index (κ3) is 3.11. The summed E-state index contributed by atoms with van der Waals surface area (Å²) in [6.45, 7) is 2.24. The lowest BCUT2D eigenvalue weighted by molar-refractivity contribution is 0.353. The van der Waals surface area contributed by atoms with Crippen molar-refractivity contribution in [2.75, 3.05) is 0 Å². The number of aryl methyl sites for hydroxylation is 1. The lowest BCUT2D eigenvalue weighted by Crippen LogP contribution is -2.27. The number of thiophene rings is 1. The van der Waals surface area contributed by atoms with Gasteiger partial charge in [-0.2, -0.15) is 0 Å². The van der Waals surface area contributed by atoms with Crippen molar-refractivity contribution in [1.29, 1.82) is 0 Å². The number of fused-ring (bicyclic) bond motifs is 3. The van der Waals surface area contributed by atoms with Crippen molar-refractivity contribution in [2.24, 2.45) is 0 Å². The van der Waals surface area contributed by atoms with Crippen LogP contribution in [-0.4, -0.2) is 0 Å². The molecule has 1 aliphatic carbocycles. The molecular formula is C24H23NOS. The molecule has 1 N–H and O–H groups in total. The summed E-state index contributed by atoms with van der Waals surface area (Å²) in [7, 11) is 0. The number of hydrogen-bond acceptors (Lipinski definition) is 3. The highest BCUT2D eigenvalue weighted by Gasteiger charge is 2.27. The summed E-state index contributed by atoms with van der Waals surface area (Å²) >= 11 is 1.79. The van der Waals surface area contributed by atoms with Crippen molar-refractivity contribution < 1.29 is 4.42 Å². The molecule has 27 heavy (non-hydrogen) atoms. The Morgan fingerprint density at radius 2 is 1.96 bits per heavy atom. The van der Waals surface area contributed by atoms with Crippen LogP contribution in [0.3, 0.4) is 0 Å². The van der Waals surface area contributed by atoms with E-state index >= 15 is 0 Å². The van der Waals surface area contributed by atoms with E-state index in [9.17, 15) is 0 Å². The molecule has 5 rings (SSSR count). The van der Waals surface area contributed by atoms with Crippen molar-refractivity contribution in [3.63, 3.8) is 0 Å². The average molecular weight is 374 g/mol. The van der Waals surface area contributed by atoms with E-state index in [1.54, 1.807) is 11.3 Å². The number of benzene rings is 2. The fraction of sp³-hybridized carbons (Fsp3) is 0.250. The second kappa shape index (κ2) is 6.99. The van der Waals surface area contributed by atoms with Crippen LogP contribution in [0.25, 0.3) is 21.4 Å². The molecule has 0 radical (unpaired) electrons. The summed E-state index contributed by atoms with van der Waals surface area (Å²) in [5.41, 5.74) is 5.02. The normalized spacial score (nSPS) is 17.7. The lowest BCUT2D eigenvalue weighted by atomic mass is 9.91. The van der Waals surface area contributed by atoms with E-state index in [-0.39, 0.29) is 6.04 Å². The average Bonchev–Trinajstić information content (AvgIpc) is 3.37. The smallest absolute Gasteiger partial charge is 0.134 e. The molecule has 2 heterocycles. The van der Waals surface area contributed by atoms with E-state index < -0.39 is 0 Å². The molecule has 2 nitrogen and oxygen atoms in total. The van der Waals surface area contributed by atoms with Crippen molar-refractivity contribution in [3.05, 3.63) is 82.9 Å². The predicted octanol–water partition coefficient (Wildman–Crippen LogP) is 6.89. The summed E-state index contributed by atoms with van der Waals surface area (Å²) in [5, 5.41) is 7.22. The Balaban J connectivity index is 1.49. The first kappa shape index (κ1) is 16.8. The number of hydrogen-bond donors (Lipinski definition) is 1. The fourth-order valence-electron chi connectivity index (χ4n) is 4.22. The Bertz CT molecular complexity index is 1050. The van der Waals surface area contributed by atoms with Crippen LogP contribution >= 0.6 is 11.3 Å². The van der Waals surface area contributed by atoms with Crippen LogP contribution in [0.15, 0.2) is 70.5 Å². The highest BCUT2D eigenvalue weighted by atomic mass is 32.1. The summed E-state index contributed by atoms with van der Waals surface area (Å²) in [6.07, 6.45) is 3.43. The second-order valence-corrected chi connectivity index (χ2v) is 8.32.